The van der Waals surface area contributed by atoms with Gasteiger partial charge >= 0.3 is 0 Å². The first-order valence-corrected chi connectivity index (χ1v) is 9.75. The first kappa shape index (κ1) is 19.0. The van der Waals surface area contributed by atoms with E-state index in [1.54, 1.807) is 19.9 Å². The fraction of sp³-hybridized carbons (Fsp3) is 0.316. The highest BCUT2D eigenvalue weighted by Crippen LogP contribution is 2.18. The van der Waals surface area contributed by atoms with Crippen molar-refractivity contribution in [3.63, 3.8) is 0 Å². The Bertz CT molecular complexity index is 934. The predicted molar refractivity (Wildman–Crippen MR) is 107 cm³/mol. The number of nitrogens with one attached hydrogen (secondary N) is 3. The van der Waals surface area contributed by atoms with Gasteiger partial charge in [-0.3, -0.25) is 9.59 Å². The topological polar surface area (TPSA) is 100 Å². The summed E-state index contributed by atoms with van der Waals surface area (Å²) in [5.74, 6) is 0.935. The summed E-state index contributed by atoms with van der Waals surface area (Å²) >= 11 is 1.28. The number of amides is 2. The van der Waals surface area contributed by atoms with Gasteiger partial charge in [0.1, 0.15) is 5.76 Å². The summed E-state index contributed by atoms with van der Waals surface area (Å²) < 4.78 is 4.91. The zero-order valence-corrected chi connectivity index (χ0v) is 16.1. The number of rotatable bonds is 8. The molecule has 0 aliphatic heterocycles. The molecule has 0 saturated heterocycles. The summed E-state index contributed by atoms with van der Waals surface area (Å²) in [5.41, 5.74) is 2.27. The van der Waals surface area contributed by atoms with Crippen molar-refractivity contribution < 1.29 is 14.1 Å². The summed E-state index contributed by atoms with van der Waals surface area (Å²) in [6, 6.07) is 9.73. The van der Waals surface area contributed by atoms with Crippen molar-refractivity contribution in [3.8, 4) is 0 Å². The molecular formula is C19H22N4O3S. The largest absolute Gasteiger partial charge is 0.361 e. The third-order valence-corrected chi connectivity index (χ3v) is 5.25. The van der Waals surface area contributed by atoms with Crippen LogP contribution in [0.5, 0.6) is 0 Å². The van der Waals surface area contributed by atoms with E-state index in [0.29, 0.717) is 18.1 Å². The number of carbonyl (C=O) groups is 2. The molecule has 0 aliphatic rings. The third-order valence-electron chi connectivity index (χ3n) is 4.10. The predicted octanol–water partition coefficient (Wildman–Crippen LogP) is 2.88. The van der Waals surface area contributed by atoms with Gasteiger partial charge in [0.15, 0.2) is 5.82 Å². The van der Waals surface area contributed by atoms with Gasteiger partial charge < -0.3 is 20.1 Å². The van der Waals surface area contributed by atoms with E-state index in [4.69, 9.17) is 4.52 Å². The van der Waals surface area contributed by atoms with Crippen LogP contribution in [0.15, 0.2) is 41.1 Å². The highest BCUT2D eigenvalue weighted by atomic mass is 32.2. The van der Waals surface area contributed by atoms with Crippen LogP contribution < -0.4 is 10.6 Å². The van der Waals surface area contributed by atoms with Crippen molar-refractivity contribution in [2.45, 2.75) is 25.5 Å². The summed E-state index contributed by atoms with van der Waals surface area (Å²) in [6.45, 7) is 4.06. The fourth-order valence-corrected chi connectivity index (χ4v) is 3.37. The molecule has 2 heterocycles. The number of anilines is 1. The molecule has 0 bridgehead atoms. The van der Waals surface area contributed by atoms with Gasteiger partial charge in [0.2, 0.25) is 11.8 Å². The van der Waals surface area contributed by atoms with Crippen LogP contribution in [-0.2, 0) is 16.0 Å². The van der Waals surface area contributed by atoms with Gasteiger partial charge in [-0.25, -0.2) is 0 Å². The van der Waals surface area contributed by atoms with E-state index >= 15 is 0 Å². The van der Waals surface area contributed by atoms with Crippen molar-refractivity contribution in [3.05, 3.63) is 47.9 Å². The molecule has 0 aliphatic carbocycles. The minimum Gasteiger partial charge on any atom is -0.361 e. The monoisotopic (exact) mass is 386 g/mol. The number of hydrogen-bond acceptors (Lipinski definition) is 5. The standard InChI is InChI=1S/C19H22N4O3S/c1-12-9-17(23-26-12)22-19(25)13(2)27-11-18(24)20-8-7-14-10-21-16-6-4-3-5-15(14)16/h3-6,9-10,13,21H,7-8,11H2,1-2H3,(H,20,24)(H,22,23,25). The number of nitrogens with zero attached hydrogens (tertiary/aromatic N) is 1. The molecule has 0 fully saturated rings. The molecule has 0 saturated carbocycles. The maximum atomic E-state index is 12.1. The summed E-state index contributed by atoms with van der Waals surface area (Å²) in [5, 5.41) is 10.1. The Kier molecular flexibility index (Phi) is 6.18. The number of carbonyl (C=O) groups excluding carboxylic acids is 2. The Balaban J connectivity index is 1.38. The van der Waals surface area contributed by atoms with Crippen molar-refractivity contribution in [2.75, 3.05) is 17.6 Å². The SMILES string of the molecule is Cc1cc(NC(=O)C(C)SCC(=O)NCCc2c[nH]c3ccccc23)no1. The molecule has 1 unspecified atom stereocenters. The van der Waals surface area contributed by atoms with Crippen molar-refractivity contribution >= 4 is 40.3 Å². The molecule has 1 aromatic carbocycles. The normalized spacial score (nSPS) is 12.1. The number of benzene rings is 1. The second-order valence-corrected chi connectivity index (χ2v) is 7.55. The van der Waals surface area contributed by atoms with Crippen LogP contribution in [0.4, 0.5) is 5.82 Å². The smallest absolute Gasteiger partial charge is 0.238 e. The molecule has 7 nitrogen and oxygen atoms in total. The zero-order valence-electron chi connectivity index (χ0n) is 15.2. The number of H-pyrrole nitrogens is 1. The van der Waals surface area contributed by atoms with Crippen LogP contribution in [0.2, 0.25) is 0 Å². The van der Waals surface area contributed by atoms with Gasteiger partial charge in [-0.1, -0.05) is 23.4 Å². The summed E-state index contributed by atoms with van der Waals surface area (Å²) in [6.07, 6.45) is 2.73. The minimum atomic E-state index is -0.374. The summed E-state index contributed by atoms with van der Waals surface area (Å²) in [7, 11) is 0. The van der Waals surface area contributed by atoms with Crippen LogP contribution in [0, 0.1) is 6.92 Å². The van der Waals surface area contributed by atoms with Gasteiger partial charge in [0.25, 0.3) is 0 Å². The molecule has 8 heteroatoms. The van der Waals surface area contributed by atoms with Gasteiger partial charge in [-0.05, 0) is 31.9 Å². The zero-order chi connectivity index (χ0) is 19.2. The first-order valence-electron chi connectivity index (χ1n) is 8.70. The van der Waals surface area contributed by atoms with Crippen LogP contribution >= 0.6 is 11.8 Å². The first-order chi connectivity index (χ1) is 13.0. The van der Waals surface area contributed by atoms with Crippen LogP contribution in [0.1, 0.15) is 18.2 Å². The second kappa shape index (κ2) is 8.77. The van der Waals surface area contributed by atoms with Crippen molar-refractivity contribution in [2.24, 2.45) is 0 Å². The van der Waals surface area contributed by atoms with Gasteiger partial charge in [0.05, 0.1) is 11.0 Å². The maximum absolute atomic E-state index is 12.1. The van der Waals surface area contributed by atoms with E-state index in [9.17, 15) is 9.59 Å². The number of aromatic nitrogens is 2. The molecule has 0 spiro atoms. The Morgan fingerprint density at radius 1 is 1.33 bits per heavy atom. The molecule has 2 aromatic heterocycles. The average molecular weight is 386 g/mol. The Hall–Kier alpha value is -2.74. The lowest BCUT2D eigenvalue weighted by Crippen LogP contribution is -2.30. The maximum Gasteiger partial charge on any atom is 0.238 e. The lowest BCUT2D eigenvalue weighted by Gasteiger charge is -2.10. The third kappa shape index (κ3) is 5.13. The van der Waals surface area contributed by atoms with E-state index in [0.717, 1.165) is 11.9 Å². The van der Waals surface area contributed by atoms with Crippen LogP contribution in [0.25, 0.3) is 10.9 Å². The van der Waals surface area contributed by atoms with Crippen molar-refractivity contribution in [1.82, 2.24) is 15.5 Å². The van der Waals surface area contributed by atoms with Gasteiger partial charge in [-0.2, -0.15) is 0 Å². The molecule has 3 aromatic rings. The van der Waals surface area contributed by atoms with Gasteiger partial charge in [0, 0.05) is 29.7 Å². The summed E-state index contributed by atoms with van der Waals surface area (Å²) in [4.78, 5) is 27.3. The Morgan fingerprint density at radius 3 is 2.93 bits per heavy atom. The number of aryl methyl sites for hydroxylation is 1. The van der Waals surface area contributed by atoms with E-state index in [1.807, 2.05) is 24.4 Å². The number of thioether (sulfide) groups is 1. The Labute approximate surface area is 161 Å². The number of para-hydroxylation sites is 1. The Morgan fingerprint density at radius 2 is 2.15 bits per heavy atom. The number of fused-ring (bicyclic) bond motifs is 1. The average Bonchev–Trinajstić information content (AvgIpc) is 3.26. The number of hydrogen-bond donors (Lipinski definition) is 3. The molecule has 142 valence electrons. The minimum absolute atomic E-state index is 0.0863. The van der Waals surface area contributed by atoms with Crippen molar-refractivity contribution in [1.29, 1.82) is 0 Å². The molecule has 0 radical (unpaired) electrons. The van der Waals surface area contributed by atoms with Crippen LogP contribution in [0.3, 0.4) is 0 Å². The molecule has 27 heavy (non-hydrogen) atoms. The van der Waals surface area contributed by atoms with E-state index in [2.05, 4.69) is 26.8 Å². The molecule has 3 rings (SSSR count). The van der Waals surface area contributed by atoms with E-state index in [1.165, 1.54) is 22.7 Å². The fourth-order valence-electron chi connectivity index (χ4n) is 2.66. The highest BCUT2D eigenvalue weighted by Gasteiger charge is 2.16. The molecule has 1 atom stereocenters. The lowest BCUT2D eigenvalue weighted by molar-refractivity contribution is -0.118. The quantitative estimate of drug-likeness (QED) is 0.553. The molecular weight excluding hydrogens is 364 g/mol. The second-order valence-electron chi connectivity index (χ2n) is 6.22. The molecule has 2 amide bonds. The van der Waals surface area contributed by atoms with Crippen LogP contribution in [-0.4, -0.2) is 39.5 Å². The molecule has 3 N–H and O–H groups in total. The number of aromatic amines is 1. The lowest BCUT2D eigenvalue weighted by atomic mass is 10.1. The van der Waals surface area contributed by atoms with E-state index in [-0.39, 0.29) is 22.8 Å². The van der Waals surface area contributed by atoms with E-state index < -0.39 is 0 Å². The van der Waals surface area contributed by atoms with Gasteiger partial charge in [-0.15, -0.1) is 11.8 Å². The highest BCUT2D eigenvalue weighted by molar-refractivity contribution is 8.01.